The number of nitrogens with zero attached hydrogens (tertiary/aromatic N) is 2. The molecule has 0 aromatic heterocycles. The van der Waals surface area contributed by atoms with E-state index >= 15 is 0 Å². The Labute approximate surface area is 150 Å². The zero-order valence-corrected chi connectivity index (χ0v) is 15.2. The third kappa shape index (κ3) is 3.52. The Morgan fingerprint density at radius 3 is 2.38 bits per heavy atom. The quantitative estimate of drug-likeness (QED) is 0.610. The molecule has 0 aliphatic rings. The highest BCUT2D eigenvalue weighted by molar-refractivity contribution is 7.93. The van der Waals surface area contributed by atoms with Crippen LogP contribution in [0.2, 0.25) is 0 Å². The third-order valence-corrected chi connectivity index (χ3v) is 5.84. The number of carboxylic acid groups (broad SMARTS) is 1. The van der Waals surface area contributed by atoms with E-state index < -0.39 is 37.5 Å². The fourth-order valence-electron chi connectivity index (χ4n) is 2.54. The van der Waals surface area contributed by atoms with E-state index in [1.807, 2.05) is 0 Å². The molecule has 0 aliphatic heterocycles. The van der Waals surface area contributed by atoms with Crippen molar-refractivity contribution >= 4 is 27.4 Å². The third-order valence-electron chi connectivity index (χ3n) is 3.91. The standard InChI is InChI=1S/C17H18N2O6S/c1-11-8-9-12(2)15(10-11)18(13(3)17(20)21)26(24,25)16-7-5-4-6-14(16)19(22)23/h4-10,13H,1-3H3,(H,20,21). The summed E-state index contributed by atoms with van der Waals surface area (Å²) in [5.74, 6) is -1.37. The fraction of sp³-hybridized carbons (Fsp3) is 0.235. The van der Waals surface area contributed by atoms with Gasteiger partial charge in [-0.1, -0.05) is 24.3 Å². The smallest absolute Gasteiger partial charge is 0.327 e. The number of carboxylic acids is 1. The highest BCUT2D eigenvalue weighted by Crippen LogP contribution is 2.33. The molecule has 0 saturated heterocycles. The van der Waals surface area contributed by atoms with Gasteiger partial charge in [-0.3, -0.25) is 14.4 Å². The Hall–Kier alpha value is -2.94. The number of nitro benzene ring substituents is 1. The van der Waals surface area contributed by atoms with Crippen molar-refractivity contribution in [3.05, 3.63) is 63.7 Å². The van der Waals surface area contributed by atoms with Crippen LogP contribution >= 0.6 is 0 Å². The number of nitro groups is 1. The van der Waals surface area contributed by atoms with Crippen LogP contribution in [0.15, 0.2) is 47.4 Å². The van der Waals surface area contributed by atoms with Crippen molar-refractivity contribution in [3.63, 3.8) is 0 Å². The number of rotatable bonds is 6. The molecule has 2 rings (SSSR count). The van der Waals surface area contributed by atoms with E-state index in [-0.39, 0.29) is 5.69 Å². The number of hydrogen-bond acceptors (Lipinski definition) is 5. The second kappa shape index (κ2) is 7.12. The first kappa shape index (κ1) is 19.4. The average molecular weight is 378 g/mol. The first-order valence-corrected chi connectivity index (χ1v) is 9.09. The summed E-state index contributed by atoms with van der Waals surface area (Å²) in [6.07, 6.45) is 0. The van der Waals surface area contributed by atoms with Crippen LogP contribution in [-0.4, -0.2) is 30.5 Å². The summed E-state index contributed by atoms with van der Waals surface area (Å²) in [5, 5.41) is 20.7. The van der Waals surface area contributed by atoms with Crippen molar-refractivity contribution in [2.75, 3.05) is 4.31 Å². The maximum absolute atomic E-state index is 13.2. The number of anilines is 1. The summed E-state index contributed by atoms with van der Waals surface area (Å²) < 4.78 is 27.2. The molecule has 0 spiro atoms. The number of benzene rings is 2. The highest BCUT2D eigenvalue weighted by Gasteiger charge is 2.37. The van der Waals surface area contributed by atoms with Crippen molar-refractivity contribution in [1.29, 1.82) is 0 Å². The maximum Gasteiger partial charge on any atom is 0.327 e. The van der Waals surface area contributed by atoms with Gasteiger partial charge in [-0.2, -0.15) is 0 Å². The van der Waals surface area contributed by atoms with Crippen LogP contribution in [0.25, 0.3) is 0 Å². The Bertz CT molecular complexity index is 971. The molecule has 0 bridgehead atoms. The first-order valence-electron chi connectivity index (χ1n) is 7.65. The van der Waals surface area contributed by atoms with E-state index in [9.17, 15) is 28.4 Å². The molecule has 1 atom stereocenters. The van der Waals surface area contributed by atoms with Gasteiger partial charge in [0.15, 0.2) is 4.90 Å². The van der Waals surface area contributed by atoms with Crippen LogP contribution in [0, 0.1) is 24.0 Å². The number of hydrogen-bond donors (Lipinski definition) is 1. The number of aliphatic carboxylic acids is 1. The van der Waals surface area contributed by atoms with Crippen LogP contribution in [-0.2, 0) is 14.8 Å². The molecule has 2 aromatic rings. The lowest BCUT2D eigenvalue weighted by molar-refractivity contribution is -0.387. The number of sulfonamides is 1. The second-order valence-electron chi connectivity index (χ2n) is 5.83. The number of para-hydroxylation sites is 1. The zero-order chi connectivity index (χ0) is 19.6. The molecule has 0 radical (unpaired) electrons. The van der Waals surface area contributed by atoms with E-state index in [1.54, 1.807) is 32.0 Å². The predicted molar refractivity (Wildman–Crippen MR) is 95.8 cm³/mol. The molecular formula is C17H18N2O6S. The SMILES string of the molecule is Cc1ccc(C)c(N(C(C)C(=O)O)S(=O)(=O)c2ccccc2[N+](=O)[O-])c1. The van der Waals surface area contributed by atoms with Crippen LogP contribution in [0.4, 0.5) is 11.4 Å². The van der Waals surface area contributed by atoms with Gasteiger partial charge in [0, 0.05) is 6.07 Å². The Morgan fingerprint density at radius 1 is 1.19 bits per heavy atom. The van der Waals surface area contributed by atoms with Crippen molar-refractivity contribution in [2.24, 2.45) is 0 Å². The van der Waals surface area contributed by atoms with Crippen LogP contribution < -0.4 is 4.31 Å². The van der Waals surface area contributed by atoms with Gasteiger partial charge in [0.05, 0.1) is 10.6 Å². The van der Waals surface area contributed by atoms with Gasteiger partial charge >= 0.3 is 5.97 Å². The lowest BCUT2D eigenvalue weighted by atomic mass is 10.1. The molecule has 0 saturated carbocycles. The van der Waals surface area contributed by atoms with Crippen molar-refractivity contribution in [1.82, 2.24) is 0 Å². The molecule has 138 valence electrons. The molecule has 2 aromatic carbocycles. The molecule has 0 fully saturated rings. The molecular weight excluding hydrogens is 360 g/mol. The molecule has 0 heterocycles. The van der Waals surface area contributed by atoms with Gasteiger partial charge in [0.2, 0.25) is 0 Å². The summed E-state index contributed by atoms with van der Waals surface area (Å²) in [5.41, 5.74) is 0.815. The second-order valence-corrected chi connectivity index (χ2v) is 7.61. The average Bonchev–Trinajstić information content (AvgIpc) is 2.57. The van der Waals surface area contributed by atoms with Gasteiger partial charge in [-0.05, 0) is 44.0 Å². The highest BCUT2D eigenvalue weighted by atomic mass is 32.2. The first-order chi connectivity index (χ1) is 12.1. The maximum atomic E-state index is 13.2. The molecule has 9 heteroatoms. The Balaban J connectivity index is 2.80. The minimum absolute atomic E-state index is 0.165. The van der Waals surface area contributed by atoms with Crippen LogP contribution in [0.5, 0.6) is 0 Å². The lowest BCUT2D eigenvalue weighted by Crippen LogP contribution is -2.44. The van der Waals surface area contributed by atoms with Crippen molar-refractivity contribution in [3.8, 4) is 0 Å². The van der Waals surface area contributed by atoms with E-state index in [4.69, 9.17) is 0 Å². The van der Waals surface area contributed by atoms with E-state index in [0.29, 0.717) is 5.56 Å². The van der Waals surface area contributed by atoms with Crippen LogP contribution in [0.1, 0.15) is 18.1 Å². The van der Waals surface area contributed by atoms with Gasteiger partial charge < -0.3 is 5.11 Å². The molecule has 1 N–H and O–H groups in total. The van der Waals surface area contributed by atoms with E-state index in [2.05, 4.69) is 0 Å². The van der Waals surface area contributed by atoms with E-state index in [1.165, 1.54) is 19.1 Å². The molecule has 0 amide bonds. The number of aryl methyl sites for hydroxylation is 2. The minimum atomic E-state index is -4.50. The lowest BCUT2D eigenvalue weighted by Gasteiger charge is -2.29. The van der Waals surface area contributed by atoms with Crippen molar-refractivity contribution < 1.29 is 23.2 Å². The summed E-state index contributed by atoms with van der Waals surface area (Å²) in [6.45, 7) is 4.60. The Morgan fingerprint density at radius 2 is 1.81 bits per heavy atom. The molecule has 26 heavy (non-hydrogen) atoms. The minimum Gasteiger partial charge on any atom is -0.480 e. The zero-order valence-electron chi connectivity index (χ0n) is 14.4. The predicted octanol–water partition coefficient (Wildman–Crippen LogP) is 2.88. The summed E-state index contributed by atoms with van der Waals surface area (Å²) in [7, 11) is -4.50. The van der Waals surface area contributed by atoms with Crippen molar-refractivity contribution in [2.45, 2.75) is 31.7 Å². The molecule has 8 nitrogen and oxygen atoms in total. The van der Waals surface area contributed by atoms with Crippen LogP contribution in [0.3, 0.4) is 0 Å². The van der Waals surface area contributed by atoms with E-state index in [0.717, 1.165) is 22.0 Å². The fourth-order valence-corrected chi connectivity index (χ4v) is 4.37. The summed E-state index contributed by atoms with van der Waals surface area (Å²) in [4.78, 5) is 21.5. The largest absolute Gasteiger partial charge is 0.480 e. The summed E-state index contributed by atoms with van der Waals surface area (Å²) >= 11 is 0. The Kier molecular flexibility index (Phi) is 5.31. The van der Waals surface area contributed by atoms with Gasteiger partial charge in [0.1, 0.15) is 6.04 Å². The van der Waals surface area contributed by atoms with Gasteiger partial charge in [-0.25, -0.2) is 13.2 Å². The normalized spacial score (nSPS) is 12.4. The summed E-state index contributed by atoms with van der Waals surface area (Å²) in [6, 6.07) is 8.38. The molecule has 0 aliphatic carbocycles. The monoisotopic (exact) mass is 378 g/mol. The topological polar surface area (TPSA) is 118 Å². The van der Waals surface area contributed by atoms with Gasteiger partial charge in [-0.15, -0.1) is 0 Å². The molecule has 1 unspecified atom stereocenters. The number of carbonyl (C=O) groups is 1. The van der Waals surface area contributed by atoms with Gasteiger partial charge in [0.25, 0.3) is 15.7 Å².